The molecular formula is C16H20N2O4. The van der Waals surface area contributed by atoms with E-state index in [-0.39, 0.29) is 5.97 Å². The number of hydrogen-bond acceptors (Lipinski definition) is 4. The third kappa shape index (κ3) is 4.00. The first-order valence-electron chi connectivity index (χ1n) is 7.07. The highest BCUT2D eigenvalue weighted by atomic mass is 16.6. The van der Waals surface area contributed by atoms with Crippen LogP contribution in [0.1, 0.15) is 38.1 Å². The van der Waals surface area contributed by atoms with E-state index in [0.717, 1.165) is 5.52 Å². The number of carbonyl (C=O) groups excluding carboxylic acids is 2. The Labute approximate surface area is 129 Å². The Morgan fingerprint density at radius 3 is 2.59 bits per heavy atom. The zero-order chi connectivity index (χ0) is 16.3. The van der Waals surface area contributed by atoms with E-state index in [4.69, 9.17) is 9.47 Å². The van der Waals surface area contributed by atoms with Crippen molar-refractivity contribution in [1.82, 2.24) is 4.40 Å². The van der Waals surface area contributed by atoms with E-state index in [1.165, 1.54) is 0 Å². The summed E-state index contributed by atoms with van der Waals surface area (Å²) < 4.78 is 11.9. The molecule has 2 heterocycles. The van der Waals surface area contributed by atoms with Crippen molar-refractivity contribution in [2.24, 2.45) is 0 Å². The van der Waals surface area contributed by atoms with Gasteiger partial charge in [0.05, 0.1) is 17.9 Å². The highest BCUT2D eigenvalue weighted by molar-refractivity contribution is 5.91. The van der Waals surface area contributed by atoms with Crippen molar-refractivity contribution >= 4 is 23.3 Å². The average Bonchev–Trinajstić information content (AvgIpc) is 2.79. The number of anilines is 1. The first kappa shape index (κ1) is 15.9. The van der Waals surface area contributed by atoms with Gasteiger partial charge in [-0.15, -0.1) is 0 Å². The van der Waals surface area contributed by atoms with Gasteiger partial charge < -0.3 is 13.9 Å². The first-order chi connectivity index (χ1) is 10.3. The molecule has 0 fully saturated rings. The van der Waals surface area contributed by atoms with Gasteiger partial charge in [-0.2, -0.15) is 0 Å². The van der Waals surface area contributed by atoms with E-state index in [2.05, 4.69) is 5.32 Å². The van der Waals surface area contributed by atoms with E-state index < -0.39 is 11.7 Å². The van der Waals surface area contributed by atoms with Gasteiger partial charge in [0.15, 0.2) is 0 Å². The largest absolute Gasteiger partial charge is 0.462 e. The summed E-state index contributed by atoms with van der Waals surface area (Å²) in [5.74, 6) is -0.368. The second-order valence-corrected chi connectivity index (χ2v) is 5.83. The number of pyridine rings is 1. The van der Waals surface area contributed by atoms with Crippen LogP contribution in [-0.2, 0) is 9.47 Å². The molecular weight excluding hydrogens is 284 g/mol. The summed E-state index contributed by atoms with van der Waals surface area (Å²) in [4.78, 5) is 23.5. The molecule has 0 aliphatic rings. The summed E-state index contributed by atoms with van der Waals surface area (Å²) in [5.41, 5.74) is 1.32. The standard InChI is InChI=1S/C16H20N2O4/c1-5-21-14(19)11-8-13-7-6-12(10-18(13)9-11)17-15(20)22-16(2,3)4/h6-10H,5H2,1-4H3,(H,17,20). The number of fused-ring (bicyclic) bond motifs is 1. The number of nitrogens with zero attached hydrogens (tertiary/aromatic N) is 1. The maximum atomic E-state index is 11.7. The Kier molecular flexibility index (Phi) is 4.40. The van der Waals surface area contributed by atoms with Gasteiger partial charge in [-0.3, -0.25) is 5.32 Å². The van der Waals surface area contributed by atoms with Crippen LogP contribution < -0.4 is 5.32 Å². The van der Waals surface area contributed by atoms with Gasteiger partial charge >= 0.3 is 12.1 Å². The molecule has 1 N–H and O–H groups in total. The zero-order valence-corrected chi connectivity index (χ0v) is 13.2. The Hall–Kier alpha value is -2.50. The Balaban J connectivity index is 2.16. The third-order valence-electron chi connectivity index (χ3n) is 2.75. The number of rotatable bonds is 3. The van der Waals surface area contributed by atoms with Crippen LogP contribution in [0.3, 0.4) is 0 Å². The van der Waals surface area contributed by atoms with E-state index in [1.54, 1.807) is 62.7 Å². The highest BCUT2D eigenvalue weighted by Crippen LogP contribution is 2.17. The zero-order valence-electron chi connectivity index (χ0n) is 13.2. The second kappa shape index (κ2) is 6.09. The molecule has 0 spiro atoms. The van der Waals surface area contributed by atoms with E-state index in [1.807, 2.05) is 0 Å². The molecule has 2 rings (SSSR count). The number of hydrogen-bond donors (Lipinski definition) is 1. The SMILES string of the molecule is CCOC(=O)c1cc2ccc(NC(=O)OC(C)(C)C)cn2c1. The number of aromatic nitrogens is 1. The maximum Gasteiger partial charge on any atom is 0.412 e. The van der Waals surface area contributed by atoms with Gasteiger partial charge in [0.2, 0.25) is 0 Å². The van der Waals surface area contributed by atoms with Crippen molar-refractivity contribution < 1.29 is 19.1 Å². The molecule has 0 aromatic carbocycles. The molecule has 2 aromatic rings. The molecule has 0 radical (unpaired) electrons. The van der Waals surface area contributed by atoms with Gasteiger partial charge in [0.25, 0.3) is 0 Å². The summed E-state index contributed by atoms with van der Waals surface area (Å²) in [6.45, 7) is 7.49. The number of carbonyl (C=O) groups is 2. The van der Waals surface area contributed by atoms with E-state index >= 15 is 0 Å². The fourth-order valence-electron chi connectivity index (χ4n) is 1.93. The van der Waals surface area contributed by atoms with Gasteiger partial charge in [-0.05, 0) is 45.9 Å². The van der Waals surface area contributed by atoms with E-state index in [0.29, 0.717) is 17.9 Å². The van der Waals surface area contributed by atoms with Gasteiger partial charge in [0.1, 0.15) is 5.60 Å². The molecule has 0 saturated carbocycles. The summed E-state index contributed by atoms with van der Waals surface area (Å²) in [5, 5.41) is 2.66. The van der Waals surface area contributed by atoms with Crippen molar-refractivity contribution in [2.45, 2.75) is 33.3 Å². The molecule has 0 bridgehead atoms. The van der Waals surface area contributed by atoms with Gasteiger partial charge in [-0.25, -0.2) is 9.59 Å². The summed E-state index contributed by atoms with van der Waals surface area (Å²) >= 11 is 0. The van der Waals surface area contributed by atoms with Crippen LogP contribution >= 0.6 is 0 Å². The molecule has 118 valence electrons. The molecule has 0 aliphatic heterocycles. The van der Waals surface area contributed by atoms with Gasteiger partial charge in [0, 0.05) is 17.9 Å². The molecule has 0 saturated heterocycles. The summed E-state index contributed by atoms with van der Waals surface area (Å²) in [7, 11) is 0. The third-order valence-corrected chi connectivity index (χ3v) is 2.75. The van der Waals surface area contributed by atoms with Crippen molar-refractivity contribution in [2.75, 3.05) is 11.9 Å². The molecule has 1 amide bonds. The minimum absolute atomic E-state index is 0.330. The normalized spacial score (nSPS) is 11.3. The molecule has 2 aromatic heterocycles. The van der Waals surface area contributed by atoms with Crippen LogP contribution in [0, 0.1) is 0 Å². The van der Waals surface area contributed by atoms with Crippen LogP contribution in [0.2, 0.25) is 0 Å². The maximum absolute atomic E-state index is 11.7. The fourth-order valence-corrected chi connectivity index (χ4v) is 1.93. The minimum atomic E-state index is -0.557. The number of ether oxygens (including phenoxy) is 2. The van der Waals surface area contributed by atoms with Crippen LogP contribution in [0.4, 0.5) is 10.5 Å². The van der Waals surface area contributed by atoms with E-state index in [9.17, 15) is 9.59 Å². The second-order valence-electron chi connectivity index (χ2n) is 5.83. The lowest BCUT2D eigenvalue weighted by Crippen LogP contribution is -2.27. The minimum Gasteiger partial charge on any atom is -0.462 e. The lowest BCUT2D eigenvalue weighted by molar-refractivity contribution is 0.0525. The van der Waals surface area contributed by atoms with Gasteiger partial charge in [-0.1, -0.05) is 0 Å². The van der Waals surface area contributed by atoms with Crippen molar-refractivity contribution in [3.63, 3.8) is 0 Å². The average molecular weight is 304 g/mol. The summed E-state index contributed by atoms with van der Waals surface area (Å²) in [6.07, 6.45) is 2.85. The molecule has 6 heteroatoms. The van der Waals surface area contributed by atoms with Crippen LogP contribution in [0.15, 0.2) is 30.6 Å². The number of esters is 1. The van der Waals surface area contributed by atoms with Crippen molar-refractivity contribution in [3.8, 4) is 0 Å². The topological polar surface area (TPSA) is 69.0 Å². The fraction of sp³-hybridized carbons (Fsp3) is 0.375. The monoisotopic (exact) mass is 304 g/mol. The van der Waals surface area contributed by atoms with Crippen molar-refractivity contribution in [1.29, 1.82) is 0 Å². The van der Waals surface area contributed by atoms with Crippen LogP contribution in [-0.4, -0.2) is 28.7 Å². The van der Waals surface area contributed by atoms with Crippen molar-refractivity contribution in [3.05, 3.63) is 36.2 Å². The Morgan fingerprint density at radius 2 is 1.95 bits per heavy atom. The van der Waals surface area contributed by atoms with Crippen LogP contribution in [0.25, 0.3) is 5.52 Å². The lowest BCUT2D eigenvalue weighted by atomic mass is 10.2. The highest BCUT2D eigenvalue weighted by Gasteiger charge is 2.16. The Bertz CT molecular complexity index is 698. The number of amides is 1. The molecule has 0 aliphatic carbocycles. The lowest BCUT2D eigenvalue weighted by Gasteiger charge is -2.19. The van der Waals surface area contributed by atoms with Crippen LogP contribution in [0.5, 0.6) is 0 Å². The predicted octanol–water partition coefficient (Wildman–Crippen LogP) is 3.46. The quantitative estimate of drug-likeness (QED) is 0.882. The Morgan fingerprint density at radius 1 is 1.23 bits per heavy atom. The first-order valence-corrected chi connectivity index (χ1v) is 7.07. The molecule has 0 atom stereocenters. The molecule has 6 nitrogen and oxygen atoms in total. The number of nitrogens with one attached hydrogen (secondary N) is 1. The predicted molar refractivity (Wildman–Crippen MR) is 83.2 cm³/mol. The summed E-state index contributed by atoms with van der Waals surface area (Å²) in [6, 6.07) is 5.28. The molecule has 22 heavy (non-hydrogen) atoms. The molecule has 0 unspecified atom stereocenters. The smallest absolute Gasteiger partial charge is 0.412 e.